The summed E-state index contributed by atoms with van der Waals surface area (Å²) in [6.07, 6.45) is 14.9. The third kappa shape index (κ3) is 4.01. The van der Waals surface area contributed by atoms with Crippen molar-refractivity contribution in [1.82, 2.24) is 0 Å². The molecule has 0 atom stereocenters. The van der Waals surface area contributed by atoms with Crippen molar-refractivity contribution >= 4 is 9.69 Å². The van der Waals surface area contributed by atoms with Crippen LogP contribution in [0.25, 0.3) is 0 Å². The van der Waals surface area contributed by atoms with Crippen LogP contribution in [0.1, 0.15) is 71.1 Å². The monoisotopic (exact) mass is 278 g/mol. The predicted octanol–water partition coefficient (Wildman–Crippen LogP) is 5.18. The molecule has 84 valence electrons. The molecule has 3 saturated carbocycles. The molecule has 2 heteroatoms. The Morgan fingerprint density at radius 1 is 1.00 bits per heavy atom. The van der Waals surface area contributed by atoms with Crippen molar-refractivity contribution in [3.63, 3.8) is 0 Å². The van der Waals surface area contributed by atoms with Gasteiger partial charge in [-0.05, 0) is 0 Å². The fourth-order valence-corrected chi connectivity index (χ4v) is 2.98. The molecule has 3 aliphatic rings. The third-order valence-corrected chi connectivity index (χ3v) is 3.94. The van der Waals surface area contributed by atoms with Crippen molar-refractivity contribution < 1.29 is 17.3 Å². The molecule has 0 aromatic heterocycles. The zero-order chi connectivity index (χ0) is 11.1. The van der Waals surface area contributed by atoms with E-state index in [1.54, 1.807) is 6.42 Å². The van der Waals surface area contributed by atoms with Gasteiger partial charge in [-0.3, -0.25) is 0 Å². The second-order valence-corrected chi connectivity index (χ2v) is 5.30. The Bertz CT molecular complexity index is 153. The Morgan fingerprint density at radius 3 is 2.00 bits per heavy atom. The van der Waals surface area contributed by atoms with Crippen LogP contribution in [-0.4, -0.2) is 0 Å². The molecule has 0 aromatic carbocycles. The molecule has 3 fully saturated rings. The minimum absolute atomic E-state index is 0.847. The maximum atomic E-state index is 4.76. The molecule has 0 radical (unpaired) electrons. The molecule has 0 amide bonds. The number of hydrogen-bond donors (Lipinski definition) is 0. The normalized spacial score (nSPS) is 21.1. The number of unbranched alkanes of at least 4 members (excludes halogenated alkanes) is 5. The van der Waals surface area contributed by atoms with E-state index in [1.807, 2.05) is 5.92 Å². The summed E-state index contributed by atoms with van der Waals surface area (Å²) in [5, 5.41) is 0. The van der Waals surface area contributed by atoms with Crippen LogP contribution in [0.3, 0.4) is 0 Å². The Morgan fingerprint density at radius 2 is 1.53 bits per heavy atom. The van der Waals surface area contributed by atoms with Crippen molar-refractivity contribution in [3.8, 4) is 0 Å². The van der Waals surface area contributed by atoms with Gasteiger partial charge in [-0.25, -0.2) is 0 Å². The van der Waals surface area contributed by atoms with Crippen molar-refractivity contribution in [2.45, 2.75) is 71.1 Å². The molecule has 0 spiro atoms. The molecule has 0 aliphatic heterocycles. The SMILES string of the molecule is CCCCCCCCC12C[C-](C1)C2.[Cl][Zn+]. The van der Waals surface area contributed by atoms with E-state index in [-0.39, 0.29) is 0 Å². The zero-order valence-corrected chi connectivity index (χ0v) is 13.9. The van der Waals surface area contributed by atoms with Crippen LogP contribution in [0, 0.1) is 11.3 Å². The van der Waals surface area contributed by atoms with Gasteiger partial charge in [0.15, 0.2) is 0 Å². The molecule has 0 N–H and O–H groups in total. The molecular weight excluding hydrogens is 257 g/mol. The summed E-state index contributed by atoms with van der Waals surface area (Å²) in [5.74, 6) is 1.87. The van der Waals surface area contributed by atoms with Crippen LogP contribution < -0.4 is 0 Å². The van der Waals surface area contributed by atoms with Crippen LogP contribution >= 0.6 is 9.69 Å². The number of hydrogen-bond acceptors (Lipinski definition) is 0. The molecule has 0 aromatic rings. The van der Waals surface area contributed by atoms with Gasteiger partial charge >= 0.3 is 27.0 Å². The van der Waals surface area contributed by atoms with Crippen molar-refractivity contribution in [3.05, 3.63) is 5.92 Å². The van der Waals surface area contributed by atoms with E-state index < -0.39 is 0 Å². The van der Waals surface area contributed by atoms with Crippen LogP contribution in [0.15, 0.2) is 0 Å². The first-order valence-corrected chi connectivity index (χ1v) is 10.3. The van der Waals surface area contributed by atoms with E-state index in [1.165, 1.54) is 57.8 Å². The first-order valence-electron chi connectivity index (χ1n) is 6.45. The third-order valence-electron chi connectivity index (χ3n) is 3.94. The Balaban J connectivity index is 0.000000531. The van der Waals surface area contributed by atoms with Gasteiger partial charge in [0.2, 0.25) is 0 Å². The Hall–Kier alpha value is 0.913. The Labute approximate surface area is 109 Å². The van der Waals surface area contributed by atoms with E-state index in [9.17, 15) is 0 Å². The fraction of sp³-hybridized carbons (Fsp3) is 0.923. The molecule has 3 aliphatic carbocycles. The van der Waals surface area contributed by atoms with Crippen molar-refractivity contribution in [2.75, 3.05) is 0 Å². The molecule has 0 saturated heterocycles. The number of halogens is 1. The van der Waals surface area contributed by atoms with Gasteiger partial charge < -0.3 is 5.92 Å². The van der Waals surface area contributed by atoms with E-state index in [0.29, 0.717) is 0 Å². The first-order chi connectivity index (χ1) is 7.35. The van der Waals surface area contributed by atoms with Gasteiger partial charge in [0.05, 0.1) is 0 Å². The van der Waals surface area contributed by atoms with Gasteiger partial charge in [-0.1, -0.05) is 51.9 Å². The molecule has 0 heterocycles. The summed E-state index contributed by atoms with van der Waals surface area (Å²) in [4.78, 5) is 0. The van der Waals surface area contributed by atoms with Gasteiger partial charge in [0.25, 0.3) is 0 Å². The molecule has 15 heavy (non-hydrogen) atoms. The molecule has 3 rings (SSSR count). The summed E-state index contributed by atoms with van der Waals surface area (Å²) >= 11 is 0.847. The van der Waals surface area contributed by atoms with Crippen molar-refractivity contribution in [1.29, 1.82) is 0 Å². The predicted molar refractivity (Wildman–Crippen MR) is 63.4 cm³/mol. The van der Waals surface area contributed by atoms with Crippen LogP contribution in [-0.2, 0) is 17.3 Å². The zero-order valence-electron chi connectivity index (χ0n) is 10.2. The average Bonchev–Trinajstić information content (AvgIpc) is 2.15. The topological polar surface area (TPSA) is 0 Å². The molecule has 0 nitrogen and oxygen atoms in total. The fourth-order valence-electron chi connectivity index (χ4n) is 2.98. The summed E-state index contributed by atoms with van der Waals surface area (Å²) in [6.45, 7) is 2.29. The Kier molecular flexibility index (Phi) is 6.78. The molecular formula is C13H23ClZn. The van der Waals surface area contributed by atoms with E-state index in [2.05, 4.69) is 6.92 Å². The second kappa shape index (κ2) is 7.28. The van der Waals surface area contributed by atoms with Crippen molar-refractivity contribution in [2.24, 2.45) is 5.41 Å². The standard InChI is InChI=1S/C13H23.ClH.Zn/c1-2-3-4-5-6-7-8-13-9-12(10-13)11-13;;/h2-11H2,1H3;1H;/q-1;;+2/p-1. The van der Waals surface area contributed by atoms with E-state index in [4.69, 9.17) is 9.69 Å². The van der Waals surface area contributed by atoms with E-state index >= 15 is 0 Å². The quantitative estimate of drug-likeness (QED) is 0.342. The van der Waals surface area contributed by atoms with Gasteiger partial charge in [0, 0.05) is 0 Å². The van der Waals surface area contributed by atoms with Crippen LogP contribution in [0.5, 0.6) is 0 Å². The average molecular weight is 280 g/mol. The first kappa shape index (κ1) is 14.0. The summed E-state index contributed by atoms with van der Waals surface area (Å²) < 4.78 is 0. The van der Waals surface area contributed by atoms with Crippen LogP contribution in [0.2, 0.25) is 0 Å². The minimum atomic E-state index is 0.847. The van der Waals surface area contributed by atoms with Gasteiger partial charge in [-0.15, -0.1) is 5.41 Å². The second-order valence-electron chi connectivity index (χ2n) is 5.30. The summed E-state index contributed by atoms with van der Waals surface area (Å²) in [7, 11) is 4.76. The van der Waals surface area contributed by atoms with Crippen LogP contribution in [0.4, 0.5) is 0 Å². The van der Waals surface area contributed by atoms with Gasteiger partial charge in [0.1, 0.15) is 0 Å². The van der Waals surface area contributed by atoms with Gasteiger partial charge in [-0.2, -0.15) is 19.3 Å². The number of rotatable bonds is 7. The van der Waals surface area contributed by atoms with E-state index in [0.717, 1.165) is 22.7 Å². The maximum absolute atomic E-state index is 4.76. The molecule has 2 bridgehead atoms. The molecule has 0 unspecified atom stereocenters. The summed E-state index contributed by atoms with van der Waals surface area (Å²) in [5.41, 5.74) is 0.875. The summed E-state index contributed by atoms with van der Waals surface area (Å²) in [6, 6.07) is 0.